The molecular formula is C16H31N3O. The van der Waals surface area contributed by atoms with Crippen LogP contribution in [0.2, 0.25) is 0 Å². The number of carbonyl (C=O) groups excluding carboxylic acids is 1. The molecule has 1 amide bonds. The molecule has 0 radical (unpaired) electrons. The lowest BCUT2D eigenvalue weighted by molar-refractivity contribution is -0.134. The molecule has 2 unspecified atom stereocenters. The Morgan fingerprint density at radius 3 is 2.60 bits per heavy atom. The van der Waals surface area contributed by atoms with Crippen molar-refractivity contribution in [2.24, 2.45) is 11.7 Å². The van der Waals surface area contributed by atoms with Crippen molar-refractivity contribution in [2.45, 2.75) is 64.0 Å². The number of piperidine rings is 1. The lowest BCUT2D eigenvalue weighted by Crippen LogP contribution is -2.48. The molecule has 1 heterocycles. The van der Waals surface area contributed by atoms with Crippen molar-refractivity contribution in [3.8, 4) is 0 Å². The second kappa shape index (κ2) is 7.41. The Bertz CT molecular complexity index is 313. The van der Waals surface area contributed by atoms with E-state index in [1.807, 2.05) is 11.9 Å². The Morgan fingerprint density at radius 2 is 1.95 bits per heavy atom. The van der Waals surface area contributed by atoms with Crippen molar-refractivity contribution in [2.75, 3.05) is 26.7 Å². The minimum absolute atomic E-state index is 0.240. The zero-order valence-electron chi connectivity index (χ0n) is 13.2. The Kier molecular flexibility index (Phi) is 5.85. The first-order chi connectivity index (χ1) is 9.58. The molecule has 0 aromatic carbocycles. The van der Waals surface area contributed by atoms with Crippen LogP contribution in [0, 0.1) is 5.92 Å². The number of carbonyl (C=O) groups is 1. The molecule has 1 aliphatic carbocycles. The molecule has 2 aliphatic rings. The van der Waals surface area contributed by atoms with E-state index in [1.54, 1.807) is 0 Å². The fourth-order valence-corrected chi connectivity index (χ4v) is 3.64. The first-order valence-corrected chi connectivity index (χ1v) is 8.31. The van der Waals surface area contributed by atoms with Crippen molar-refractivity contribution in [1.82, 2.24) is 9.80 Å². The summed E-state index contributed by atoms with van der Waals surface area (Å²) in [6.07, 6.45) is 8.64. The average molecular weight is 281 g/mol. The Balaban J connectivity index is 1.80. The van der Waals surface area contributed by atoms with Gasteiger partial charge in [-0.3, -0.25) is 9.69 Å². The maximum Gasteiger partial charge on any atom is 0.236 e. The van der Waals surface area contributed by atoms with Gasteiger partial charge in [0, 0.05) is 25.7 Å². The number of nitrogens with zero attached hydrogens (tertiary/aromatic N) is 2. The first kappa shape index (κ1) is 15.8. The molecular weight excluding hydrogens is 250 g/mol. The van der Waals surface area contributed by atoms with E-state index < -0.39 is 0 Å². The van der Waals surface area contributed by atoms with Gasteiger partial charge < -0.3 is 10.6 Å². The molecule has 2 fully saturated rings. The highest BCUT2D eigenvalue weighted by Crippen LogP contribution is 2.22. The predicted molar refractivity (Wildman–Crippen MR) is 82.5 cm³/mol. The van der Waals surface area contributed by atoms with Crippen molar-refractivity contribution < 1.29 is 4.79 Å². The van der Waals surface area contributed by atoms with E-state index in [9.17, 15) is 4.79 Å². The molecule has 1 saturated heterocycles. The minimum atomic E-state index is 0.240. The molecule has 2 atom stereocenters. The smallest absolute Gasteiger partial charge is 0.236 e. The zero-order chi connectivity index (χ0) is 14.5. The van der Waals surface area contributed by atoms with E-state index in [1.165, 1.54) is 44.9 Å². The van der Waals surface area contributed by atoms with Gasteiger partial charge in [0.2, 0.25) is 5.91 Å². The quantitative estimate of drug-likeness (QED) is 0.855. The van der Waals surface area contributed by atoms with Crippen LogP contribution in [0.25, 0.3) is 0 Å². The zero-order valence-corrected chi connectivity index (χ0v) is 13.2. The summed E-state index contributed by atoms with van der Waals surface area (Å²) < 4.78 is 0. The number of rotatable bonds is 4. The minimum Gasteiger partial charge on any atom is -0.342 e. The SMILES string of the molecule is CC(N)C1CCCN(CC(=O)N(C)C2CCCCC2)C1. The van der Waals surface area contributed by atoms with Crippen LogP contribution in [0.5, 0.6) is 0 Å². The molecule has 0 aromatic rings. The van der Waals surface area contributed by atoms with E-state index in [0.717, 1.165) is 13.1 Å². The van der Waals surface area contributed by atoms with Crippen LogP contribution in [-0.4, -0.2) is 54.5 Å². The normalized spacial score (nSPS) is 27.2. The third-order valence-electron chi connectivity index (χ3n) is 5.16. The Hall–Kier alpha value is -0.610. The van der Waals surface area contributed by atoms with Gasteiger partial charge >= 0.3 is 0 Å². The molecule has 0 spiro atoms. The van der Waals surface area contributed by atoms with Gasteiger partial charge in [0.05, 0.1) is 6.54 Å². The highest BCUT2D eigenvalue weighted by molar-refractivity contribution is 5.78. The maximum absolute atomic E-state index is 12.4. The molecule has 4 heteroatoms. The number of amides is 1. The third kappa shape index (κ3) is 4.19. The molecule has 4 nitrogen and oxygen atoms in total. The lowest BCUT2D eigenvalue weighted by atomic mass is 9.92. The molecule has 1 aliphatic heterocycles. The summed E-state index contributed by atoms with van der Waals surface area (Å²) in [6, 6.07) is 0.717. The van der Waals surface area contributed by atoms with Crippen LogP contribution < -0.4 is 5.73 Å². The summed E-state index contributed by atoms with van der Waals surface area (Å²) in [5.41, 5.74) is 6.01. The van der Waals surface area contributed by atoms with Gasteiger partial charge in [-0.15, -0.1) is 0 Å². The third-order valence-corrected chi connectivity index (χ3v) is 5.16. The van der Waals surface area contributed by atoms with Crippen molar-refractivity contribution in [3.63, 3.8) is 0 Å². The number of nitrogens with two attached hydrogens (primary N) is 1. The monoisotopic (exact) mass is 281 g/mol. The summed E-state index contributed by atoms with van der Waals surface area (Å²) in [6.45, 7) is 4.70. The van der Waals surface area contributed by atoms with E-state index in [-0.39, 0.29) is 6.04 Å². The molecule has 0 aromatic heterocycles. The largest absolute Gasteiger partial charge is 0.342 e. The highest BCUT2D eigenvalue weighted by Gasteiger charge is 2.27. The molecule has 1 saturated carbocycles. The van der Waals surface area contributed by atoms with E-state index >= 15 is 0 Å². The fourth-order valence-electron chi connectivity index (χ4n) is 3.64. The van der Waals surface area contributed by atoms with Gasteiger partial charge in [0.1, 0.15) is 0 Å². The van der Waals surface area contributed by atoms with Gasteiger partial charge in [-0.05, 0) is 45.1 Å². The average Bonchev–Trinajstić information content (AvgIpc) is 2.47. The van der Waals surface area contributed by atoms with E-state index in [2.05, 4.69) is 11.8 Å². The van der Waals surface area contributed by atoms with Crippen LogP contribution in [0.4, 0.5) is 0 Å². The summed E-state index contributed by atoms with van der Waals surface area (Å²) in [5, 5.41) is 0. The van der Waals surface area contributed by atoms with E-state index in [0.29, 0.717) is 24.4 Å². The van der Waals surface area contributed by atoms with Gasteiger partial charge in [0.25, 0.3) is 0 Å². The van der Waals surface area contributed by atoms with Gasteiger partial charge in [-0.25, -0.2) is 0 Å². The molecule has 2 rings (SSSR count). The summed E-state index contributed by atoms with van der Waals surface area (Å²) in [4.78, 5) is 16.8. The summed E-state index contributed by atoms with van der Waals surface area (Å²) in [7, 11) is 1.99. The standard InChI is InChI=1S/C16H31N3O/c1-13(17)14-7-6-10-19(11-14)12-16(20)18(2)15-8-4-3-5-9-15/h13-15H,3-12,17H2,1-2H3. The van der Waals surface area contributed by atoms with Gasteiger partial charge in [0.15, 0.2) is 0 Å². The van der Waals surface area contributed by atoms with Crippen molar-refractivity contribution in [1.29, 1.82) is 0 Å². The summed E-state index contributed by atoms with van der Waals surface area (Å²) >= 11 is 0. The van der Waals surface area contributed by atoms with Crippen LogP contribution in [0.15, 0.2) is 0 Å². The van der Waals surface area contributed by atoms with Crippen LogP contribution >= 0.6 is 0 Å². The topological polar surface area (TPSA) is 49.6 Å². The van der Waals surface area contributed by atoms with Gasteiger partial charge in [-0.2, -0.15) is 0 Å². The number of hydrogen-bond donors (Lipinski definition) is 1. The Labute approximate surface area is 123 Å². The van der Waals surface area contributed by atoms with E-state index in [4.69, 9.17) is 5.73 Å². The highest BCUT2D eigenvalue weighted by atomic mass is 16.2. The molecule has 2 N–H and O–H groups in total. The second-order valence-corrected chi connectivity index (χ2v) is 6.79. The fraction of sp³-hybridized carbons (Fsp3) is 0.938. The van der Waals surface area contributed by atoms with Crippen LogP contribution in [0.1, 0.15) is 51.9 Å². The van der Waals surface area contributed by atoms with Gasteiger partial charge in [-0.1, -0.05) is 19.3 Å². The number of hydrogen-bond acceptors (Lipinski definition) is 3. The molecule has 116 valence electrons. The maximum atomic E-state index is 12.4. The molecule has 0 bridgehead atoms. The second-order valence-electron chi connectivity index (χ2n) is 6.79. The van der Waals surface area contributed by atoms with Crippen LogP contribution in [-0.2, 0) is 4.79 Å². The lowest BCUT2D eigenvalue weighted by Gasteiger charge is -2.37. The number of likely N-dealkylation sites (N-methyl/N-ethyl adjacent to an activating group) is 1. The molecule has 20 heavy (non-hydrogen) atoms. The Morgan fingerprint density at radius 1 is 1.25 bits per heavy atom. The first-order valence-electron chi connectivity index (χ1n) is 8.31. The van der Waals surface area contributed by atoms with Crippen molar-refractivity contribution in [3.05, 3.63) is 0 Å². The van der Waals surface area contributed by atoms with Crippen molar-refractivity contribution >= 4 is 5.91 Å². The summed E-state index contributed by atoms with van der Waals surface area (Å²) in [5.74, 6) is 0.846. The predicted octanol–water partition coefficient (Wildman–Crippen LogP) is 1.84. The van der Waals surface area contributed by atoms with Crippen LogP contribution in [0.3, 0.4) is 0 Å². The number of likely N-dealkylation sites (tertiary alicyclic amines) is 1.